The zero-order valence-electron chi connectivity index (χ0n) is 15.8. The van der Waals surface area contributed by atoms with Crippen LogP contribution in [0, 0.1) is 24.4 Å². The quantitative estimate of drug-likeness (QED) is 0.573. The van der Waals surface area contributed by atoms with Crippen LogP contribution in [0.4, 0.5) is 18.9 Å². The summed E-state index contributed by atoms with van der Waals surface area (Å²) in [7, 11) is -3.77. The second-order valence-corrected chi connectivity index (χ2v) is 8.54. The molecule has 2 amide bonds. The van der Waals surface area contributed by atoms with Crippen LogP contribution < -0.4 is 15.4 Å². The van der Waals surface area contributed by atoms with Gasteiger partial charge in [-0.15, -0.1) is 0 Å². The third-order valence-electron chi connectivity index (χ3n) is 4.38. The molecule has 2 aromatic carbocycles. The maximum atomic E-state index is 13.6. The molecule has 1 fully saturated rings. The number of sulfonamides is 1. The summed E-state index contributed by atoms with van der Waals surface area (Å²) < 4.78 is 66.9. The minimum absolute atomic E-state index is 0.0421. The highest BCUT2D eigenvalue weighted by molar-refractivity contribution is 7.89. The van der Waals surface area contributed by atoms with Crippen molar-refractivity contribution in [1.82, 2.24) is 10.0 Å². The maximum Gasteiger partial charge on any atom is 0.252 e. The Kier molecular flexibility index (Phi) is 6.13. The van der Waals surface area contributed by atoms with Crippen LogP contribution in [0.5, 0.6) is 0 Å². The lowest BCUT2D eigenvalue weighted by molar-refractivity contribution is -0.115. The molecular weight excluding hydrogens is 423 g/mol. The topological polar surface area (TPSA) is 104 Å². The number of hydrogen-bond acceptors (Lipinski definition) is 4. The average molecular weight is 441 g/mol. The number of carbonyl (C=O) groups is 2. The van der Waals surface area contributed by atoms with Crippen LogP contribution in [-0.2, 0) is 14.8 Å². The minimum Gasteiger partial charge on any atom is -0.343 e. The molecule has 0 aromatic heterocycles. The summed E-state index contributed by atoms with van der Waals surface area (Å²) in [6, 6.07) is 5.43. The van der Waals surface area contributed by atoms with Gasteiger partial charge >= 0.3 is 0 Å². The normalized spacial score (nSPS) is 13.7. The number of halogens is 3. The van der Waals surface area contributed by atoms with E-state index in [4.69, 9.17) is 0 Å². The number of hydrogen-bond donors (Lipinski definition) is 3. The van der Waals surface area contributed by atoms with Gasteiger partial charge in [0.05, 0.1) is 17.1 Å². The SMILES string of the molecule is Cc1ccc(S(=O)(=O)NC2CC2)cc1C(=O)NCC(=O)Nc1ccc(F)c(F)c1F. The number of amides is 2. The van der Waals surface area contributed by atoms with E-state index in [1.165, 1.54) is 18.2 Å². The highest BCUT2D eigenvalue weighted by Crippen LogP contribution is 2.23. The van der Waals surface area contributed by atoms with Crippen LogP contribution in [0.25, 0.3) is 0 Å². The molecule has 0 radical (unpaired) electrons. The summed E-state index contributed by atoms with van der Waals surface area (Å²) in [4.78, 5) is 24.2. The Morgan fingerprint density at radius 3 is 2.43 bits per heavy atom. The van der Waals surface area contributed by atoms with Crippen molar-refractivity contribution >= 4 is 27.5 Å². The van der Waals surface area contributed by atoms with Crippen molar-refractivity contribution in [3.8, 4) is 0 Å². The summed E-state index contributed by atoms with van der Waals surface area (Å²) in [5.74, 6) is -6.31. The maximum absolute atomic E-state index is 13.6. The Labute approximate surface area is 170 Å². The molecule has 0 unspecified atom stereocenters. The van der Waals surface area contributed by atoms with E-state index in [1.807, 2.05) is 5.32 Å². The van der Waals surface area contributed by atoms with Gasteiger partial charge in [0.15, 0.2) is 17.5 Å². The Bertz CT molecular complexity index is 1120. The second kappa shape index (κ2) is 8.44. The first-order chi connectivity index (χ1) is 14.1. The van der Waals surface area contributed by atoms with Crippen molar-refractivity contribution in [2.24, 2.45) is 0 Å². The summed E-state index contributed by atoms with van der Waals surface area (Å²) in [5.41, 5.74) is -0.0611. The van der Waals surface area contributed by atoms with Gasteiger partial charge in [0.25, 0.3) is 5.91 Å². The fraction of sp³-hybridized carbons (Fsp3) is 0.263. The smallest absolute Gasteiger partial charge is 0.252 e. The molecule has 2 aromatic rings. The van der Waals surface area contributed by atoms with Gasteiger partial charge in [-0.05, 0) is 49.6 Å². The first-order valence-corrected chi connectivity index (χ1v) is 10.4. The Morgan fingerprint density at radius 1 is 1.07 bits per heavy atom. The van der Waals surface area contributed by atoms with Gasteiger partial charge in [0.2, 0.25) is 15.9 Å². The molecule has 0 saturated heterocycles. The van der Waals surface area contributed by atoms with Crippen molar-refractivity contribution < 1.29 is 31.2 Å². The number of nitrogens with one attached hydrogen (secondary N) is 3. The molecule has 1 aliphatic carbocycles. The molecular formula is C19H18F3N3O4S. The molecule has 0 spiro atoms. The lowest BCUT2D eigenvalue weighted by Gasteiger charge is -2.11. The number of benzene rings is 2. The lowest BCUT2D eigenvalue weighted by atomic mass is 10.1. The summed E-state index contributed by atoms with van der Waals surface area (Å²) in [5, 5.41) is 4.30. The highest BCUT2D eigenvalue weighted by atomic mass is 32.2. The number of rotatable bonds is 7. The fourth-order valence-corrected chi connectivity index (χ4v) is 3.90. The van der Waals surface area contributed by atoms with E-state index < -0.39 is 51.5 Å². The van der Waals surface area contributed by atoms with Gasteiger partial charge in [-0.3, -0.25) is 9.59 Å². The number of carbonyl (C=O) groups excluding carboxylic acids is 2. The van der Waals surface area contributed by atoms with Crippen molar-refractivity contribution in [2.45, 2.75) is 30.7 Å². The molecule has 0 heterocycles. The molecule has 7 nitrogen and oxygen atoms in total. The molecule has 1 aliphatic rings. The molecule has 1 saturated carbocycles. The summed E-state index contributed by atoms with van der Waals surface area (Å²) in [6.45, 7) is 0.990. The first kappa shape index (κ1) is 21.8. The standard InChI is InChI=1S/C19H18F3N3O4S/c1-10-2-5-12(30(28,29)25-11-3-4-11)8-13(10)19(27)23-9-16(26)24-15-7-6-14(20)17(21)18(15)22/h2,5-8,11,25H,3-4,9H2,1H3,(H,23,27)(H,24,26). The predicted octanol–water partition coefficient (Wildman–Crippen LogP) is 2.22. The van der Waals surface area contributed by atoms with Gasteiger partial charge in [-0.25, -0.2) is 26.3 Å². The fourth-order valence-electron chi connectivity index (χ4n) is 2.57. The predicted molar refractivity (Wildman–Crippen MR) is 102 cm³/mol. The van der Waals surface area contributed by atoms with Crippen molar-refractivity contribution in [1.29, 1.82) is 0 Å². The molecule has 11 heteroatoms. The van der Waals surface area contributed by atoms with Gasteiger partial charge in [0, 0.05) is 11.6 Å². The second-order valence-electron chi connectivity index (χ2n) is 6.83. The highest BCUT2D eigenvalue weighted by Gasteiger charge is 2.28. The van der Waals surface area contributed by atoms with Crippen LogP contribution in [0.15, 0.2) is 35.2 Å². The largest absolute Gasteiger partial charge is 0.343 e. The van der Waals surface area contributed by atoms with Crippen molar-refractivity contribution in [2.75, 3.05) is 11.9 Å². The van der Waals surface area contributed by atoms with E-state index in [-0.39, 0.29) is 16.5 Å². The van der Waals surface area contributed by atoms with E-state index in [9.17, 15) is 31.2 Å². The van der Waals surface area contributed by atoms with Crippen LogP contribution >= 0.6 is 0 Å². The van der Waals surface area contributed by atoms with E-state index in [1.54, 1.807) is 6.92 Å². The number of aryl methyl sites for hydroxylation is 1. The summed E-state index contributed by atoms with van der Waals surface area (Å²) in [6.07, 6.45) is 1.51. The average Bonchev–Trinajstić information content (AvgIpc) is 3.50. The third-order valence-corrected chi connectivity index (χ3v) is 5.90. The van der Waals surface area contributed by atoms with E-state index in [0.717, 1.165) is 18.9 Å². The zero-order chi connectivity index (χ0) is 22.1. The Balaban J connectivity index is 1.66. The molecule has 3 rings (SSSR count). The van der Waals surface area contributed by atoms with Gasteiger partial charge in [-0.1, -0.05) is 6.07 Å². The molecule has 3 N–H and O–H groups in total. The van der Waals surface area contributed by atoms with E-state index >= 15 is 0 Å². The van der Waals surface area contributed by atoms with Crippen LogP contribution in [0.3, 0.4) is 0 Å². The van der Waals surface area contributed by atoms with Crippen LogP contribution in [-0.4, -0.2) is 32.8 Å². The van der Waals surface area contributed by atoms with Gasteiger partial charge < -0.3 is 10.6 Å². The number of anilines is 1. The van der Waals surface area contributed by atoms with Gasteiger partial charge in [-0.2, -0.15) is 0 Å². The lowest BCUT2D eigenvalue weighted by Crippen LogP contribution is -2.33. The molecule has 30 heavy (non-hydrogen) atoms. The minimum atomic E-state index is -3.77. The monoisotopic (exact) mass is 441 g/mol. The van der Waals surface area contributed by atoms with E-state index in [2.05, 4.69) is 10.0 Å². The van der Waals surface area contributed by atoms with Gasteiger partial charge in [0.1, 0.15) is 0 Å². The zero-order valence-corrected chi connectivity index (χ0v) is 16.6. The van der Waals surface area contributed by atoms with Crippen LogP contribution in [0.2, 0.25) is 0 Å². The molecule has 160 valence electrons. The molecule has 0 aliphatic heterocycles. The molecule has 0 atom stereocenters. The Hall–Kier alpha value is -2.92. The van der Waals surface area contributed by atoms with Crippen LogP contribution in [0.1, 0.15) is 28.8 Å². The molecule has 0 bridgehead atoms. The Morgan fingerprint density at radius 2 is 1.77 bits per heavy atom. The summed E-state index contributed by atoms with van der Waals surface area (Å²) >= 11 is 0. The first-order valence-electron chi connectivity index (χ1n) is 8.93. The van der Waals surface area contributed by atoms with Crippen molar-refractivity contribution in [3.05, 3.63) is 58.9 Å². The van der Waals surface area contributed by atoms with E-state index in [0.29, 0.717) is 11.6 Å². The van der Waals surface area contributed by atoms with Crippen molar-refractivity contribution in [3.63, 3.8) is 0 Å². The third kappa shape index (κ3) is 4.97.